The number of primary amides is 1. The van der Waals surface area contributed by atoms with E-state index in [9.17, 15) is 4.79 Å². The molecule has 0 aliphatic carbocycles. The van der Waals surface area contributed by atoms with Crippen molar-refractivity contribution in [1.29, 1.82) is 0 Å². The molecular weight excluding hydrogens is 192 g/mol. The minimum absolute atomic E-state index is 0.0910. The first-order chi connectivity index (χ1) is 7.22. The van der Waals surface area contributed by atoms with E-state index in [1.54, 1.807) is 12.1 Å². The molecule has 0 aliphatic rings. The number of carbonyl (C=O) groups excluding carboxylic acids is 1. The summed E-state index contributed by atoms with van der Waals surface area (Å²) in [5, 5.41) is 9.82. The van der Waals surface area contributed by atoms with Gasteiger partial charge in [0.25, 0.3) is 0 Å². The largest absolute Gasteiger partial charge is 0.396 e. The van der Waals surface area contributed by atoms with Gasteiger partial charge in [-0.25, -0.2) is 0 Å². The molecule has 0 spiro atoms. The third-order valence-electron chi connectivity index (χ3n) is 2.43. The van der Waals surface area contributed by atoms with Gasteiger partial charge in [0.15, 0.2) is 0 Å². The summed E-state index contributed by atoms with van der Waals surface area (Å²) in [7, 11) is 0. The number of rotatable bonds is 3. The molecule has 2 rings (SSSR count). The average molecular weight is 204 g/mol. The van der Waals surface area contributed by atoms with E-state index in [4.69, 9.17) is 10.8 Å². The lowest BCUT2D eigenvalue weighted by Gasteiger charge is -1.98. The summed E-state index contributed by atoms with van der Waals surface area (Å²) in [5.74, 6) is -0.437. The molecule has 0 fully saturated rings. The van der Waals surface area contributed by atoms with Gasteiger partial charge in [0, 0.05) is 29.3 Å². The number of benzene rings is 1. The Bertz CT molecular complexity index is 502. The average Bonchev–Trinajstić information content (AvgIpc) is 2.61. The summed E-state index contributed by atoms with van der Waals surface area (Å²) < 4.78 is 0. The number of hydrogen-bond donors (Lipinski definition) is 3. The van der Waals surface area contributed by atoms with Crippen molar-refractivity contribution >= 4 is 16.8 Å². The maximum atomic E-state index is 11.0. The maximum Gasteiger partial charge on any atom is 0.248 e. The second-order valence-electron chi connectivity index (χ2n) is 3.41. The predicted octanol–water partition coefficient (Wildman–Crippen LogP) is 0.802. The van der Waals surface area contributed by atoms with Crippen LogP contribution < -0.4 is 5.73 Å². The van der Waals surface area contributed by atoms with Crippen molar-refractivity contribution in [3.63, 3.8) is 0 Å². The molecule has 0 atom stereocenters. The van der Waals surface area contributed by atoms with Gasteiger partial charge in [0.2, 0.25) is 5.91 Å². The van der Waals surface area contributed by atoms with E-state index >= 15 is 0 Å². The monoisotopic (exact) mass is 204 g/mol. The first kappa shape index (κ1) is 9.73. The minimum Gasteiger partial charge on any atom is -0.396 e. The summed E-state index contributed by atoms with van der Waals surface area (Å²) >= 11 is 0. The highest BCUT2D eigenvalue weighted by molar-refractivity contribution is 5.97. The number of hydrogen-bond acceptors (Lipinski definition) is 2. The number of nitrogens with two attached hydrogens (primary N) is 1. The third-order valence-corrected chi connectivity index (χ3v) is 2.43. The molecule has 4 N–H and O–H groups in total. The van der Waals surface area contributed by atoms with Crippen molar-refractivity contribution in [2.45, 2.75) is 6.42 Å². The molecule has 1 heterocycles. The molecule has 0 radical (unpaired) electrons. The molecule has 1 aromatic carbocycles. The Labute approximate surface area is 86.7 Å². The van der Waals surface area contributed by atoms with Gasteiger partial charge in [-0.2, -0.15) is 0 Å². The van der Waals surface area contributed by atoms with Crippen molar-refractivity contribution in [2.75, 3.05) is 6.61 Å². The number of nitrogens with one attached hydrogen (secondary N) is 1. The van der Waals surface area contributed by atoms with E-state index in [1.807, 2.05) is 12.3 Å². The van der Waals surface area contributed by atoms with Gasteiger partial charge in [-0.15, -0.1) is 0 Å². The summed E-state index contributed by atoms with van der Waals surface area (Å²) in [6.45, 7) is 0.0910. The van der Waals surface area contributed by atoms with Crippen molar-refractivity contribution in [1.82, 2.24) is 4.98 Å². The van der Waals surface area contributed by atoms with Gasteiger partial charge >= 0.3 is 0 Å². The molecule has 78 valence electrons. The van der Waals surface area contributed by atoms with E-state index in [0.717, 1.165) is 16.5 Å². The van der Waals surface area contributed by atoms with E-state index in [0.29, 0.717) is 12.0 Å². The molecule has 1 aromatic heterocycles. The smallest absolute Gasteiger partial charge is 0.248 e. The van der Waals surface area contributed by atoms with Crippen molar-refractivity contribution in [2.24, 2.45) is 5.73 Å². The molecule has 1 amide bonds. The lowest BCUT2D eigenvalue weighted by molar-refractivity contribution is 0.100. The fourth-order valence-corrected chi connectivity index (χ4v) is 1.66. The Hall–Kier alpha value is -1.81. The van der Waals surface area contributed by atoms with Crippen molar-refractivity contribution in [3.05, 3.63) is 35.5 Å². The normalized spacial score (nSPS) is 10.7. The Kier molecular flexibility index (Phi) is 2.43. The summed E-state index contributed by atoms with van der Waals surface area (Å²) in [4.78, 5) is 14.1. The number of H-pyrrole nitrogens is 1. The van der Waals surface area contributed by atoms with Gasteiger partial charge in [0.05, 0.1) is 0 Å². The zero-order chi connectivity index (χ0) is 10.8. The van der Waals surface area contributed by atoms with Crippen LogP contribution in [0.25, 0.3) is 10.9 Å². The van der Waals surface area contributed by atoms with Crippen molar-refractivity contribution < 1.29 is 9.90 Å². The Morgan fingerprint density at radius 3 is 2.93 bits per heavy atom. The van der Waals surface area contributed by atoms with E-state index in [2.05, 4.69) is 4.98 Å². The fourth-order valence-electron chi connectivity index (χ4n) is 1.66. The van der Waals surface area contributed by atoms with Crippen LogP contribution in [0.2, 0.25) is 0 Å². The zero-order valence-corrected chi connectivity index (χ0v) is 8.16. The summed E-state index contributed by atoms with van der Waals surface area (Å²) in [6, 6.07) is 5.25. The molecule has 4 nitrogen and oxygen atoms in total. The van der Waals surface area contributed by atoms with Gasteiger partial charge in [-0.3, -0.25) is 4.79 Å². The Balaban J connectivity index is 2.56. The molecule has 0 aliphatic heterocycles. The standard InChI is InChI=1S/C11H12N2O2/c12-11(15)7-1-2-10-9(5-7)8(3-4-14)6-13-10/h1-2,5-6,13-14H,3-4H2,(H2,12,15). The number of aromatic nitrogens is 1. The fraction of sp³-hybridized carbons (Fsp3) is 0.182. The molecule has 15 heavy (non-hydrogen) atoms. The van der Waals surface area contributed by atoms with Crippen LogP contribution in [0.5, 0.6) is 0 Å². The number of fused-ring (bicyclic) bond motifs is 1. The predicted molar refractivity (Wildman–Crippen MR) is 57.6 cm³/mol. The first-order valence-electron chi connectivity index (χ1n) is 4.73. The van der Waals surface area contributed by atoms with Crippen LogP contribution in [0.15, 0.2) is 24.4 Å². The Morgan fingerprint density at radius 2 is 2.27 bits per heavy atom. The van der Waals surface area contributed by atoms with Gasteiger partial charge in [-0.05, 0) is 30.2 Å². The number of aliphatic hydroxyl groups excluding tert-OH is 1. The summed E-state index contributed by atoms with van der Waals surface area (Å²) in [5.41, 5.74) is 7.63. The van der Waals surface area contributed by atoms with Crippen LogP contribution in [-0.2, 0) is 6.42 Å². The maximum absolute atomic E-state index is 11.0. The first-order valence-corrected chi connectivity index (χ1v) is 4.73. The number of carbonyl (C=O) groups is 1. The topological polar surface area (TPSA) is 79.1 Å². The van der Waals surface area contributed by atoms with Gasteiger partial charge < -0.3 is 15.8 Å². The second-order valence-corrected chi connectivity index (χ2v) is 3.41. The molecule has 2 aromatic rings. The molecule has 0 saturated carbocycles. The summed E-state index contributed by atoms with van der Waals surface area (Å²) in [6.07, 6.45) is 2.41. The van der Waals surface area contributed by atoms with Crippen LogP contribution in [0.1, 0.15) is 15.9 Å². The van der Waals surface area contributed by atoms with E-state index in [-0.39, 0.29) is 6.61 Å². The van der Waals surface area contributed by atoms with Crippen LogP contribution in [0.3, 0.4) is 0 Å². The zero-order valence-electron chi connectivity index (χ0n) is 8.16. The van der Waals surface area contributed by atoms with Crippen LogP contribution in [0, 0.1) is 0 Å². The molecule has 0 bridgehead atoms. The highest BCUT2D eigenvalue weighted by Gasteiger charge is 2.06. The van der Waals surface area contributed by atoms with E-state index < -0.39 is 5.91 Å². The third kappa shape index (κ3) is 1.71. The highest BCUT2D eigenvalue weighted by Crippen LogP contribution is 2.20. The Morgan fingerprint density at radius 1 is 1.47 bits per heavy atom. The van der Waals surface area contributed by atoms with Crippen LogP contribution >= 0.6 is 0 Å². The lowest BCUT2D eigenvalue weighted by atomic mass is 10.1. The van der Waals surface area contributed by atoms with Crippen LogP contribution in [0.4, 0.5) is 0 Å². The number of aliphatic hydroxyl groups is 1. The molecular formula is C11H12N2O2. The quantitative estimate of drug-likeness (QED) is 0.691. The molecule has 0 saturated heterocycles. The lowest BCUT2D eigenvalue weighted by Crippen LogP contribution is -2.10. The molecule has 4 heteroatoms. The van der Waals surface area contributed by atoms with Gasteiger partial charge in [-0.1, -0.05) is 0 Å². The number of amides is 1. The second kappa shape index (κ2) is 3.74. The minimum atomic E-state index is -0.437. The molecule has 0 unspecified atom stereocenters. The highest BCUT2D eigenvalue weighted by atomic mass is 16.2. The van der Waals surface area contributed by atoms with E-state index in [1.165, 1.54) is 0 Å². The van der Waals surface area contributed by atoms with Crippen LogP contribution in [-0.4, -0.2) is 22.6 Å². The van der Waals surface area contributed by atoms with Gasteiger partial charge in [0.1, 0.15) is 0 Å². The number of aromatic amines is 1. The SMILES string of the molecule is NC(=O)c1ccc2[nH]cc(CCO)c2c1. The van der Waals surface area contributed by atoms with Crippen molar-refractivity contribution in [3.8, 4) is 0 Å².